The van der Waals surface area contributed by atoms with E-state index in [9.17, 15) is 9.59 Å². The Morgan fingerprint density at radius 2 is 2.23 bits per heavy atom. The van der Waals surface area contributed by atoms with E-state index in [1.165, 1.54) is 18.2 Å². The molecule has 1 aromatic rings. The van der Waals surface area contributed by atoms with Gasteiger partial charge in [-0.15, -0.1) is 0 Å². The summed E-state index contributed by atoms with van der Waals surface area (Å²) >= 11 is 5.58. The summed E-state index contributed by atoms with van der Waals surface area (Å²) in [7, 11) is 0. The van der Waals surface area contributed by atoms with Crippen LogP contribution in [0.4, 0.5) is 0 Å². The lowest BCUT2D eigenvalue weighted by atomic mass is 10.2. The summed E-state index contributed by atoms with van der Waals surface area (Å²) in [6, 6.07) is 3.88. The molecule has 0 fully saturated rings. The number of rotatable bonds is 3. The van der Waals surface area contributed by atoms with Crippen molar-refractivity contribution < 1.29 is 19.4 Å². The van der Waals surface area contributed by atoms with E-state index >= 15 is 0 Å². The molecule has 0 aliphatic carbocycles. The molecule has 0 bridgehead atoms. The molecule has 1 rings (SSSR count). The van der Waals surface area contributed by atoms with Crippen molar-refractivity contribution in [3.05, 3.63) is 28.8 Å². The average Bonchev–Trinajstić information content (AvgIpc) is 2.04. The number of carboxylic acid groups (broad SMARTS) is 1. The maximum absolute atomic E-state index is 10.5. The zero-order valence-electron chi connectivity index (χ0n) is 6.36. The second-order valence-corrected chi connectivity index (χ2v) is 2.57. The van der Waals surface area contributed by atoms with Crippen molar-refractivity contribution in [2.75, 3.05) is 0 Å². The molecule has 68 valence electrons. The summed E-state index contributed by atoms with van der Waals surface area (Å²) in [5, 5.41) is 8.63. The van der Waals surface area contributed by atoms with Crippen molar-refractivity contribution in [2.24, 2.45) is 0 Å². The fourth-order valence-electron chi connectivity index (χ4n) is 0.798. The van der Waals surface area contributed by atoms with Gasteiger partial charge in [-0.2, -0.15) is 0 Å². The van der Waals surface area contributed by atoms with E-state index in [2.05, 4.69) is 4.74 Å². The van der Waals surface area contributed by atoms with E-state index in [1.807, 2.05) is 0 Å². The summed E-state index contributed by atoms with van der Waals surface area (Å²) in [4.78, 5) is 20.4. The predicted molar refractivity (Wildman–Crippen MR) is 45.1 cm³/mol. The third-order valence-corrected chi connectivity index (χ3v) is 1.67. The zero-order chi connectivity index (χ0) is 9.84. The predicted octanol–water partition coefficient (Wildman–Crippen LogP) is 1.57. The van der Waals surface area contributed by atoms with E-state index in [4.69, 9.17) is 16.7 Å². The largest absolute Gasteiger partial charge is 0.478 e. The number of halogens is 1. The van der Waals surface area contributed by atoms with Crippen LogP contribution in [0.15, 0.2) is 18.2 Å². The van der Waals surface area contributed by atoms with Crippen LogP contribution >= 0.6 is 11.6 Å². The molecule has 5 heteroatoms. The molecule has 13 heavy (non-hydrogen) atoms. The number of ether oxygens (including phenoxy) is 1. The molecule has 0 radical (unpaired) electrons. The highest BCUT2D eigenvalue weighted by Crippen LogP contribution is 2.22. The van der Waals surface area contributed by atoms with Gasteiger partial charge >= 0.3 is 5.97 Å². The van der Waals surface area contributed by atoms with Crippen molar-refractivity contribution >= 4 is 24.0 Å². The molecule has 0 unspecified atom stereocenters. The number of benzene rings is 1. The minimum atomic E-state index is -1.12. The van der Waals surface area contributed by atoms with Crippen LogP contribution in [0.3, 0.4) is 0 Å². The van der Waals surface area contributed by atoms with E-state index in [-0.39, 0.29) is 22.8 Å². The van der Waals surface area contributed by atoms with Crippen molar-refractivity contribution in [1.29, 1.82) is 0 Å². The summed E-state index contributed by atoms with van der Waals surface area (Å²) in [6.45, 7) is 0.242. The van der Waals surface area contributed by atoms with Gasteiger partial charge in [0.1, 0.15) is 5.75 Å². The van der Waals surface area contributed by atoms with Gasteiger partial charge in [-0.05, 0) is 12.1 Å². The van der Waals surface area contributed by atoms with Crippen LogP contribution in [0, 0.1) is 0 Å². The Bertz CT molecular complexity index is 348. The van der Waals surface area contributed by atoms with Crippen LogP contribution in [0.2, 0.25) is 5.02 Å². The van der Waals surface area contributed by atoms with Crippen molar-refractivity contribution in [3.63, 3.8) is 0 Å². The third kappa shape index (κ3) is 2.19. The molecule has 0 amide bonds. The first kappa shape index (κ1) is 9.54. The normalized spacial score (nSPS) is 9.31. The molecule has 0 aliphatic rings. The molecule has 0 atom stereocenters. The first-order valence-corrected chi connectivity index (χ1v) is 3.66. The third-order valence-electron chi connectivity index (χ3n) is 1.36. The Hall–Kier alpha value is -1.55. The van der Waals surface area contributed by atoms with Crippen LogP contribution in [0.5, 0.6) is 5.75 Å². The fourth-order valence-corrected chi connectivity index (χ4v) is 1.05. The Morgan fingerprint density at radius 1 is 1.54 bits per heavy atom. The van der Waals surface area contributed by atoms with Crippen LogP contribution in [0.1, 0.15) is 10.4 Å². The van der Waals surface area contributed by atoms with Crippen LogP contribution in [-0.4, -0.2) is 17.5 Å². The molecule has 0 heterocycles. The minimum Gasteiger partial charge on any atom is -0.478 e. The number of carboxylic acids is 1. The van der Waals surface area contributed by atoms with E-state index in [0.29, 0.717) is 0 Å². The van der Waals surface area contributed by atoms with Gasteiger partial charge in [0.2, 0.25) is 0 Å². The molecule has 0 aliphatic heterocycles. The highest BCUT2D eigenvalue weighted by Gasteiger charge is 2.08. The first-order chi connectivity index (χ1) is 6.15. The molecule has 4 nitrogen and oxygen atoms in total. The van der Waals surface area contributed by atoms with Gasteiger partial charge in [-0.1, -0.05) is 11.6 Å². The maximum Gasteiger partial charge on any atom is 0.337 e. The smallest absolute Gasteiger partial charge is 0.337 e. The second kappa shape index (κ2) is 3.91. The van der Waals surface area contributed by atoms with Gasteiger partial charge < -0.3 is 9.84 Å². The van der Waals surface area contributed by atoms with Gasteiger partial charge in [0.15, 0.2) is 0 Å². The Balaban J connectivity index is 3.05. The summed E-state index contributed by atoms with van der Waals surface area (Å²) in [5.41, 5.74) is -0.0279. The number of hydrogen-bond donors (Lipinski definition) is 1. The lowest BCUT2D eigenvalue weighted by Gasteiger charge is -2.00. The van der Waals surface area contributed by atoms with Crippen molar-refractivity contribution in [2.45, 2.75) is 0 Å². The van der Waals surface area contributed by atoms with Crippen LogP contribution in [-0.2, 0) is 4.79 Å². The lowest BCUT2D eigenvalue weighted by molar-refractivity contribution is -0.120. The molecule has 1 N–H and O–H groups in total. The van der Waals surface area contributed by atoms with Crippen LogP contribution < -0.4 is 4.74 Å². The molecular formula is C8H5ClO4. The van der Waals surface area contributed by atoms with Gasteiger partial charge in [0, 0.05) is 6.07 Å². The summed E-state index contributed by atoms with van der Waals surface area (Å²) < 4.78 is 4.46. The standard InChI is InChI=1S/C8H5ClO4/c9-7-3-5(13-4-10)1-2-6(7)8(11)12/h1-4H,(H,11,12). The maximum atomic E-state index is 10.5. The number of carbonyl (C=O) groups is 2. The van der Waals surface area contributed by atoms with E-state index in [0.717, 1.165) is 0 Å². The van der Waals surface area contributed by atoms with Gasteiger partial charge in [0.05, 0.1) is 10.6 Å². The van der Waals surface area contributed by atoms with E-state index < -0.39 is 5.97 Å². The summed E-state index contributed by atoms with van der Waals surface area (Å²) in [6.07, 6.45) is 0. The van der Waals surface area contributed by atoms with Gasteiger partial charge in [0.25, 0.3) is 6.47 Å². The Morgan fingerprint density at radius 3 is 2.69 bits per heavy atom. The highest BCUT2D eigenvalue weighted by atomic mass is 35.5. The Labute approximate surface area is 78.7 Å². The topological polar surface area (TPSA) is 63.6 Å². The van der Waals surface area contributed by atoms with Gasteiger partial charge in [-0.3, -0.25) is 4.79 Å². The quantitative estimate of drug-likeness (QED) is 0.753. The second-order valence-electron chi connectivity index (χ2n) is 2.16. The lowest BCUT2D eigenvalue weighted by Crippen LogP contribution is -1.97. The monoisotopic (exact) mass is 200 g/mol. The molecule has 0 spiro atoms. The van der Waals surface area contributed by atoms with Crippen LogP contribution in [0.25, 0.3) is 0 Å². The minimum absolute atomic E-state index is 0.0279. The van der Waals surface area contributed by atoms with Crippen molar-refractivity contribution in [1.82, 2.24) is 0 Å². The number of aromatic carboxylic acids is 1. The first-order valence-electron chi connectivity index (χ1n) is 3.28. The Kier molecular flexibility index (Phi) is 2.87. The average molecular weight is 201 g/mol. The van der Waals surface area contributed by atoms with Crippen molar-refractivity contribution in [3.8, 4) is 5.75 Å². The highest BCUT2D eigenvalue weighted by molar-refractivity contribution is 6.33. The van der Waals surface area contributed by atoms with E-state index in [1.54, 1.807) is 0 Å². The SMILES string of the molecule is O=COc1ccc(C(=O)O)c(Cl)c1. The fraction of sp³-hybridized carbons (Fsp3) is 0. The molecule has 0 saturated heterocycles. The molecule has 0 saturated carbocycles. The summed E-state index contributed by atoms with van der Waals surface area (Å²) in [5.74, 6) is -0.910. The zero-order valence-corrected chi connectivity index (χ0v) is 7.12. The molecule has 0 aromatic heterocycles. The van der Waals surface area contributed by atoms with Gasteiger partial charge in [-0.25, -0.2) is 4.79 Å². The number of hydrogen-bond acceptors (Lipinski definition) is 3. The number of carbonyl (C=O) groups excluding carboxylic acids is 1. The molecule has 1 aromatic carbocycles. The molecular weight excluding hydrogens is 196 g/mol.